The molecule has 0 saturated heterocycles. The molecule has 0 aromatic rings. The fraction of sp³-hybridized carbons (Fsp3) is 1.00. The Kier molecular flexibility index (Phi) is 22.0. The molecule has 8 heavy (non-hydrogen) atoms. The van der Waals surface area contributed by atoms with E-state index in [1.165, 1.54) is 27.3 Å². The maximum absolute atomic E-state index is 2.22. The predicted molar refractivity (Wildman–Crippen MR) is 45.4 cm³/mol. The van der Waals surface area contributed by atoms with Crippen molar-refractivity contribution in [3.05, 3.63) is 0 Å². The lowest BCUT2D eigenvalue weighted by Gasteiger charge is -1.80. The van der Waals surface area contributed by atoms with Gasteiger partial charge < -0.3 is 0 Å². The average molecular weight is 134 g/mol. The van der Waals surface area contributed by atoms with Crippen molar-refractivity contribution in [3.8, 4) is 0 Å². The molecule has 1 heteroatoms. The minimum Gasteiger partial charge on any atom is -0.123 e. The zero-order valence-electron chi connectivity index (χ0n) is 6.62. The molecule has 0 rings (SSSR count). The summed E-state index contributed by atoms with van der Waals surface area (Å²) in [6, 6.07) is 0. The van der Waals surface area contributed by atoms with Gasteiger partial charge in [0, 0.05) is 0 Å². The lowest BCUT2D eigenvalue weighted by molar-refractivity contribution is 1.09. The third-order valence-corrected chi connectivity index (χ3v) is 1.50. The zero-order chi connectivity index (χ0) is 6.83. The van der Waals surface area contributed by atoms with Crippen molar-refractivity contribution in [3.63, 3.8) is 0 Å². The Hall–Kier alpha value is 0.430. The van der Waals surface area contributed by atoms with Gasteiger partial charge in [0.25, 0.3) is 0 Å². The van der Waals surface area contributed by atoms with Crippen molar-refractivity contribution >= 4 is 8.58 Å². The largest absolute Gasteiger partial charge is 0.123 e. The van der Waals surface area contributed by atoms with Gasteiger partial charge in [-0.2, -0.15) is 0 Å². The lowest BCUT2D eigenvalue weighted by atomic mass is 10.6. The van der Waals surface area contributed by atoms with Gasteiger partial charge in [0.05, 0.1) is 0 Å². The molecule has 0 spiro atoms. The summed E-state index contributed by atoms with van der Waals surface area (Å²) in [5, 5.41) is 0. The molecular weight excluding hydrogens is 115 g/mol. The second-order valence-corrected chi connectivity index (χ2v) is 3.58. The highest BCUT2D eigenvalue weighted by Gasteiger charge is 1.66. The zero-order valence-corrected chi connectivity index (χ0v) is 7.62. The summed E-state index contributed by atoms with van der Waals surface area (Å²) in [6.45, 7) is 8.70. The maximum atomic E-state index is 2.22. The summed E-state index contributed by atoms with van der Waals surface area (Å²) >= 11 is 0. The normalized spacial score (nSPS) is 7.50. The van der Waals surface area contributed by atoms with Crippen molar-refractivity contribution in [1.29, 1.82) is 0 Å². The highest BCUT2D eigenvalue weighted by atomic mass is 31.1. The Morgan fingerprint density at radius 3 is 1.12 bits per heavy atom. The fourth-order valence-electron chi connectivity index (χ4n) is 0.250. The van der Waals surface area contributed by atoms with E-state index in [9.17, 15) is 0 Å². The van der Waals surface area contributed by atoms with Crippen molar-refractivity contribution in [2.24, 2.45) is 0 Å². The highest BCUT2D eigenvalue weighted by Crippen LogP contribution is 2.03. The van der Waals surface area contributed by atoms with Crippen molar-refractivity contribution < 1.29 is 0 Å². The first kappa shape index (κ1) is 11.3. The van der Waals surface area contributed by atoms with E-state index in [4.69, 9.17) is 0 Å². The molecule has 0 fully saturated rings. The summed E-state index contributed by atoms with van der Waals surface area (Å²) in [6.07, 6.45) is 3.99. The van der Waals surface area contributed by atoms with E-state index in [0.717, 1.165) is 0 Å². The topological polar surface area (TPSA) is 0 Å². The second-order valence-electron chi connectivity index (χ2n) is 1.66. The molecule has 0 aliphatic rings. The van der Waals surface area contributed by atoms with E-state index in [0.29, 0.717) is 0 Å². The molecule has 0 radical (unpaired) electrons. The molecule has 0 aliphatic heterocycles. The summed E-state index contributed by atoms with van der Waals surface area (Å²) in [7, 11) is 1.20. The molecule has 0 aliphatic carbocycles. The average Bonchev–Trinajstić information content (AvgIpc) is 1.71. The number of hydrogen-bond donors (Lipinski definition) is 0. The predicted octanol–water partition coefficient (Wildman–Crippen LogP) is 3.12. The van der Waals surface area contributed by atoms with Crippen LogP contribution < -0.4 is 0 Å². The van der Waals surface area contributed by atoms with Gasteiger partial charge >= 0.3 is 0 Å². The van der Waals surface area contributed by atoms with Crippen LogP contribution >= 0.6 is 8.58 Å². The van der Waals surface area contributed by atoms with Crippen LogP contribution in [0.3, 0.4) is 0 Å². The van der Waals surface area contributed by atoms with E-state index < -0.39 is 0 Å². The maximum Gasteiger partial charge on any atom is -0.0382 e. The molecule has 0 heterocycles. The van der Waals surface area contributed by atoms with Crippen LogP contribution in [0, 0.1) is 0 Å². The molecule has 0 aromatic heterocycles. The van der Waals surface area contributed by atoms with Crippen LogP contribution in [0.25, 0.3) is 0 Å². The Balaban J connectivity index is 0. The third kappa shape index (κ3) is 32.1. The minimum atomic E-state index is 1.20. The van der Waals surface area contributed by atoms with Crippen LogP contribution in [-0.4, -0.2) is 12.3 Å². The van der Waals surface area contributed by atoms with Gasteiger partial charge in [-0.05, 0) is 12.3 Å². The summed E-state index contributed by atoms with van der Waals surface area (Å²) in [5.74, 6) is 0. The Labute approximate surface area is 55.8 Å². The monoisotopic (exact) mass is 134 g/mol. The molecular formula is C7H19P. The minimum absolute atomic E-state index is 1.20. The van der Waals surface area contributed by atoms with Crippen LogP contribution in [0.2, 0.25) is 0 Å². The molecule has 52 valence electrons. The van der Waals surface area contributed by atoms with E-state index in [1.807, 2.05) is 0 Å². The molecule has 0 unspecified atom stereocenters. The summed E-state index contributed by atoms with van der Waals surface area (Å²) in [5.41, 5.74) is 0. The first-order valence-corrected chi connectivity index (χ1v) is 4.95. The van der Waals surface area contributed by atoms with Crippen molar-refractivity contribution in [2.45, 2.75) is 34.1 Å². The first-order chi connectivity index (χ1) is 3.83. The lowest BCUT2D eigenvalue weighted by Crippen LogP contribution is -1.59. The number of rotatable bonds is 2. The fourth-order valence-corrected chi connectivity index (χ4v) is 0.750. The van der Waals surface area contributed by atoms with Crippen LogP contribution in [0.15, 0.2) is 0 Å². The van der Waals surface area contributed by atoms with Crippen molar-refractivity contribution in [2.75, 3.05) is 12.3 Å². The van der Waals surface area contributed by atoms with E-state index in [-0.39, 0.29) is 0 Å². The quantitative estimate of drug-likeness (QED) is 0.509. The van der Waals surface area contributed by atoms with Gasteiger partial charge in [0.1, 0.15) is 0 Å². The highest BCUT2D eigenvalue weighted by molar-refractivity contribution is 7.37. The third-order valence-electron chi connectivity index (χ3n) is 0.500. The van der Waals surface area contributed by atoms with E-state index >= 15 is 0 Å². The van der Waals surface area contributed by atoms with Gasteiger partial charge in [0.2, 0.25) is 0 Å². The molecule has 0 amide bonds. The molecule has 0 saturated carbocycles. The van der Waals surface area contributed by atoms with Crippen LogP contribution in [-0.2, 0) is 0 Å². The summed E-state index contributed by atoms with van der Waals surface area (Å²) < 4.78 is 0. The first-order valence-electron chi connectivity index (χ1n) is 3.54. The van der Waals surface area contributed by atoms with Gasteiger partial charge in [-0.3, -0.25) is 0 Å². The standard InChI is InChI=1S/C4H11P.C3H8/c1-3-5-4-2;1-3-2/h5H,3-4H2,1-2H3;3H2,1-2H3. The van der Waals surface area contributed by atoms with Crippen LogP contribution in [0.5, 0.6) is 0 Å². The Morgan fingerprint density at radius 1 is 0.875 bits per heavy atom. The van der Waals surface area contributed by atoms with Gasteiger partial charge in [0.15, 0.2) is 0 Å². The summed E-state index contributed by atoms with van der Waals surface area (Å²) in [4.78, 5) is 0. The van der Waals surface area contributed by atoms with Crippen molar-refractivity contribution in [1.82, 2.24) is 0 Å². The SMILES string of the molecule is CCC.CCPCC. The van der Waals surface area contributed by atoms with E-state index in [2.05, 4.69) is 27.7 Å². The Morgan fingerprint density at radius 2 is 1.12 bits per heavy atom. The van der Waals surface area contributed by atoms with Crippen LogP contribution in [0.4, 0.5) is 0 Å². The van der Waals surface area contributed by atoms with Gasteiger partial charge in [-0.25, -0.2) is 0 Å². The molecule has 0 atom stereocenters. The van der Waals surface area contributed by atoms with Gasteiger partial charge in [-0.1, -0.05) is 34.1 Å². The molecule has 0 N–H and O–H groups in total. The number of hydrogen-bond acceptors (Lipinski definition) is 0. The Bertz CT molecular complexity index is 18.3. The molecule has 0 aromatic carbocycles. The molecule has 0 bridgehead atoms. The second kappa shape index (κ2) is 15.7. The van der Waals surface area contributed by atoms with Gasteiger partial charge in [-0.15, -0.1) is 8.58 Å². The smallest absolute Gasteiger partial charge is 0.0382 e. The van der Waals surface area contributed by atoms with E-state index in [1.54, 1.807) is 0 Å². The molecule has 0 nitrogen and oxygen atoms in total. The van der Waals surface area contributed by atoms with Crippen LogP contribution in [0.1, 0.15) is 34.1 Å².